The van der Waals surface area contributed by atoms with Gasteiger partial charge in [-0.25, -0.2) is 0 Å². The van der Waals surface area contributed by atoms with Crippen molar-refractivity contribution in [2.45, 2.75) is 68.8 Å². The number of rotatable bonds is 8. The molecule has 1 aliphatic heterocycles. The van der Waals surface area contributed by atoms with Crippen LogP contribution in [-0.2, 0) is 22.8 Å². The van der Waals surface area contributed by atoms with Gasteiger partial charge in [0.15, 0.2) is 0 Å². The Kier molecular flexibility index (Phi) is 9.39. The monoisotopic (exact) mass is 728 g/mol. The molecular formula is C48H46N2OP2. The smallest absolute Gasteiger partial charge is 0.134 e. The van der Waals surface area contributed by atoms with Gasteiger partial charge in [0.05, 0.1) is 27.6 Å². The molecule has 0 aliphatic carbocycles. The summed E-state index contributed by atoms with van der Waals surface area (Å²) >= 11 is 0. The van der Waals surface area contributed by atoms with Gasteiger partial charge in [0.2, 0.25) is 0 Å². The minimum atomic E-state index is -0.867. The lowest BCUT2D eigenvalue weighted by Crippen LogP contribution is -2.45. The molecule has 0 radical (unpaired) electrons. The average molecular weight is 729 g/mol. The molecular weight excluding hydrogens is 682 g/mol. The van der Waals surface area contributed by atoms with E-state index in [9.17, 15) is 4.79 Å². The molecule has 264 valence electrons. The van der Waals surface area contributed by atoms with Gasteiger partial charge in [0.1, 0.15) is 5.78 Å². The number of aromatic nitrogens is 2. The number of hydrogen-bond donors (Lipinski definition) is 0. The highest BCUT2D eigenvalue weighted by Gasteiger charge is 2.50. The Balaban J connectivity index is 1.47. The first kappa shape index (κ1) is 35.5. The van der Waals surface area contributed by atoms with E-state index in [1.54, 1.807) is 0 Å². The van der Waals surface area contributed by atoms with Gasteiger partial charge in [0, 0.05) is 23.6 Å². The molecule has 5 aromatic carbocycles. The average Bonchev–Trinajstić information content (AvgIpc) is 3.14. The third-order valence-electron chi connectivity index (χ3n) is 10.9. The Morgan fingerprint density at radius 3 is 1.51 bits per heavy atom. The van der Waals surface area contributed by atoms with E-state index in [-0.39, 0.29) is 10.3 Å². The third kappa shape index (κ3) is 6.87. The highest BCUT2D eigenvalue weighted by atomic mass is 31.1. The Labute approximate surface area is 317 Å². The molecule has 0 spiro atoms. The van der Waals surface area contributed by atoms with Gasteiger partial charge >= 0.3 is 0 Å². The van der Waals surface area contributed by atoms with E-state index in [0.29, 0.717) is 18.6 Å². The number of hydrogen-bond acceptors (Lipinski definition) is 3. The molecule has 0 saturated carbocycles. The number of para-hydroxylation sites is 2. The van der Waals surface area contributed by atoms with E-state index >= 15 is 0 Å². The second kappa shape index (κ2) is 14.0. The minimum absolute atomic E-state index is 0.215. The first-order valence-electron chi connectivity index (χ1n) is 18.6. The first-order chi connectivity index (χ1) is 25.5. The number of nitrogens with zero attached hydrogens (tertiary/aromatic N) is 2. The highest BCUT2D eigenvalue weighted by Crippen LogP contribution is 2.66. The number of benzene rings is 5. The van der Waals surface area contributed by atoms with Crippen LogP contribution in [0, 0.1) is 0 Å². The maximum absolute atomic E-state index is 13.4. The van der Waals surface area contributed by atoms with Gasteiger partial charge in [-0.05, 0) is 80.5 Å². The zero-order valence-electron chi connectivity index (χ0n) is 31.0. The zero-order chi connectivity index (χ0) is 36.8. The summed E-state index contributed by atoms with van der Waals surface area (Å²) in [4.78, 5) is 24.3. The molecule has 0 amide bonds. The summed E-state index contributed by atoms with van der Waals surface area (Å²) in [7, 11) is 2.44. The lowest BCUT2D eigenvalue weighted by Gasteiger charge is -2.51. The first-order valence-corrected chi connectivity index (χ1v) is 20.5. The van der Waals surface area contributed by atoms with Crippen LogP contribution in [0.4, 0.5) is 0 Å². The summed E-state index contributed by atoms with van der Waals surface area (Å²) in [6.07, 6.45) is 2.78. The van der Waals surface area contributed by atoms with Gasteiger partial charge in [-0.3, -0.25) is 14.8 Å². The van der Waals surface area contributed by atoms with Crippen molar-refractivity contribution in [3.8, 4) is 0 Å². The van der Waals surface area contributed by atoms with E-state index in [4.69, 9.17) is 9.97 Å². The molecule has 3 heterocycles. The number of fused-ring (bicyclic) bond motifs is 2. The summed E-state index contributed by atoms with van der Waals surface area (Å²) < 4.78 is 0. The molecule has 2 aromatic heterocycles. The van der Waals surface area contributed by atoms with Crippen LogP contribution < -0.4 is 5.30 Å². The van der Waals surface area contributed by atoms with Gasteiger partial charge < -0.3 is 0 Å². The van der Waals surface area contributed by atoms with Gasteiger partial charge in [-0.15, -0.1) is 9.24 Å². The molecule has 8 rings (SSSR count). The quantitative estimate of drug-likeness (QED) is 0.146. The standard InChI is InChI=1S/C48H46N2OP2/c1-46(2)31-39(51)32-47(3,4)53(46)43-30-38(28-34-17-9-6-10-18-34)37(27-33-15-7-5-8-16-33)29-40(43)48(52,44-25-23-35-19-11-13-21-41(35)49-44)45-26-24-36-20-12-14-22-42(36)50-45/h5-26,29-30H,27-28,31-32,52H2,1-4H3. The number of carbonyl (C=O) groups is 1. The number of carbonyl (C=O) groups excluding carboxylic acids is 1. The van der Waals surface area contributed by atoms with Crippen LogP contribution >= 0.6 is 17.2 Å². The van der Waals surface area contributed by atoms with Gasteiger partial charge in [-0.2, -0.15) is 0 Å². The van der Waals surface area contributed by atoms with Crippen LogP contribution in [0.5, 0.6) is 0 Å². The minimum Gasteiger partial charge on any atom is -0.300 e. The summed E-state index contributed by atoms with van der Waals surface area (Å²) in [6, 6.07) is 52.2. The SMILES string of the molecule is CC1(C)CC(=O)CC(C)(C)P1c1cc(Cc2ccccc2)c(Cc2ccccc2)cc1C(P)(c1ccc2ccccc2n1)c1ccc2ccccc2n1. The Hall–Kier alpha value is -4.55. The molecule has 1 aliphatic rings. The molecule has 1 saturated heterocycles. The number of Topliss-reactive ketones (excluding diaryl/α,β-unsaturated/α-hetero) is 1. The second-order valence-corrected chi connectivity index (χ2v) is 20.3. The van der Waals surface area contributed by atoms with Crippen LogP contribution in [0.3, 0.4) is 0 Å². The molecule has 3 nitrogen and oxygen atoms in total. The summed E-state index contributed by atoms with van der Waals surface area (Å²) in [5, 5.41) is 2.33. The molecule has 7 aromatic rings. The lowest BCUT2D eigenvalue weighted by atomic mass is 9.85. The van der Waals surface area contributed by atoms with Crippen LogP contribution in [0.1, 0.15) is 79.7 Å². The predicted molar refractivity (Wildman–Crippen MR) is 227 cm³/mol. The van der Waals surface area contributed by atoms with E-state index in [1.807, 2.05) is 0 Å². The molecule has 0 bridgehead atoms. The van der Waals surface area contributed by atoms with Crippen molar-refractivity contribution in [2.24, 2.45) is 0 Å². The van der Waals surface area contributed by atoms with Crippen molar-refractivity contribution in [3.63, 3.8) is 0 Å². The second-order valence-electron chi connectivity index (χ2n) is 15.9. The fourth-order valence-corrected chi connectivity index (χ4v) is 13.8. The summed E-state index contributed by atoms with van der Waals surface area (Å²) in [5.41, 5.74) is 10.2. The fraction of sp³-hybridized carbons (Fsp3) is 0.229. The molecule has 0 N–H and O–H groups in total. The molecule has 53 heavy (non-hydrogen) atoms. The normalized spacial score (nSPS) is 15.9. The van der Waals surface area contributed by atoms with Crippen LogP contribution in [0.15, 0.2) is 146 Å². The Bertz CT molecular complexity index is 2360. The van der Waals surface area contributed by atoms with Crippen LogP contribution in [0.25, 0.3) is 21.8 Å². The molecule has 1 unspecified atom stereocenters. The Morgan fingerprint density at radius 1 is 0.585 bits per heavy atom. The van der Waals surface area contributed by atoms with E-state index in [0.717, 1.165) is 46.0 Å². The van der Waals surface area contributed by atoms with E-state index in [2.05, 4.69) is 183 Å². The third-order valence-corrected chi connectivity index (χ3v) is 15.4. The molecule has 1 fully saturated rings. The molecule has 5 heteroatoms. The van der Waals surface area contributed by atoms with E-state index < -0.39 is 13.1 Å². The van der Waals surface area contributed by atoms with Crippen molar-refractivity contribution in [2.75, 3.05) is 0 Å². The fourth-order valence-electron chi connectivity index (χ4n) is 8.77. The highest BCUT2D eigenvalue weighted by molar-refractivity contribution is 7.69. The number of ketones is 1. The van der Waals surface area contributed by atoms with Crippen molar-refractivity contribution < 1.29 is 4.79 Å². The lowest BCUT2D eigenvalue weighted by molar-refractivity contribution is -0.120. The summed E-state index contributed by atoms with van der Waals surface area (Å²) in [6.45, 7) is 9.29. The zero-order valence-corrected chi connectivity index (χ0v) is 33.1. The maximum Gasteiger partial charge on any atom is 0.134 e. The van der Waals surface area contributed by atoms with Crippen LogP contribution in [0.2, 0.25) is 0 Å². The van der Waals surface area contributed by atoms with Crippen molar-refractivity contribution in [3.05, 3.63) is 185 Å². The predicted octanol–water partition coefficient (Wildman–Crippen LogP) is 11.2. The van der Waals surface area contributed by atoms with Crippen molar-refractivity contribution >= 4 is 50.1 Å². The van der Waals surface area contributed by atoms with Crippen molar-refractivity contribution in [1.82, 2.24) is 9.97 Å². The topological polar surface area (TPSA) is 42.9 Å². The van der Waals surface area contributed by atoms with Gasteiger partial charge in [0.25, 0.3) is 0 Å². The Morgan fingerprint density at radius 2 is 1.02 bits per heavy atom. The summed E-state index contributed by atoms with van der Waals surface area (Å²) in [5.74, 6) is 0.357. The van der Waals surface area contributed by atoms with Gasteiger partial charge in [-0.1, -0.05) is 157 Å². The van der Waals surface area contributed by atoms with Crippen LogP contribution in [-0.4, -0.2) is 26.1 Å². The van der Waals surface area contributed by atoms with E-state index in [1.165, 1.54) is 33.1 Å². The maximum atomic E-state index is 13.4. The van der Waals surface area contributed by atoms with Crippen molar-refractivity contribution in [1.29, 1.82) is 0 Å². The molecule has 1 atom stereocenters. The number of pyridine rings is 2. The largest absolute Gasteiger partial charge is 0.300 e.